The number of hydrogen-bond donors (Lipinski definition) is 1. The van der Waals surface area contributed by atoms with Gasteiger partial charge in [-0.15, -0.1) is 0 Å². The first-order valence-corrected chi connectivity index (χ1v) is 4.63. The van der Waals surface area contributed by atoms with Crippen molar-refractivity contribution in [2.24, 2.45) is 0 Å². The van der Waals surface area contributed by atoms with Gasteiger partial charge in [0, 0.05) is 13.1 Å². The Hall–Kier alpha value is -2.11. The zero-order valence-corrected chi connectivity index (χ0v) is 9.02. The zero-order chi connectivity index (χ0) is 12.1. The molecule has 0 aliphatic rings. The van der Waals surface area contributed by atoms with Crippen LogP contribution >= 0.6 is 0 Å². The van der Waals surface area contributed by atoms with E-state index in [0.717, 1.165) is 5.56 Å². The van der Waals surface area contributed by atoms with E-state index in [9.17, 15) is 14.9 Å². The fourth-order valence-electron chi connectivity index (χ4n) is 1.07. The minimum Gasteiger partial charge on any atom is -0.483 e. The number of nitro groups is 1. The number of aryl methyl sites for hydroxylation is 1. The van der Waals surface area contributed by atoms with Crippen LogP contribution in [0.5, 0.6) is 5.75 Å². The quantitative estimate of drug-likeness (QED) is 0.611. The van der Waals surface area contributed by atoms with Crippen molar-refractivity contribution in [3.8, 4) is 5.75 Å². The molecule has 1 N–H and O–H groups in total. The third-order valence-electron chi connectivity index (χ3n) is 2.02. The van der Waals surface area contributed by atoms with Crippen molar-refractivity contribution in [1.82, 2.24) is 5.32 Å². The zero-order valence-electron chi connectivity index (χ0n) is 9.02. The summed E-state index contributed by atoms with van der Waals surface area (Å²) in [6.45, 7) is 1.60. The van der Waals surface area contributed by atoms with Gasteiger partial charge in [-0.2, -0.15) is 0 Å². The summed E-state index contributed by atoms with van der Waals surface area (Å²) >= 11 is 0. The maximum atomic E-state index is 10.9. The van der Waals surface area contributed by atoms with Crippen LogP contribution < -0.4 is 10.1 Å². The van der Waals surface area contributed by atoms with Gasteiger partial charge in [-0.3, -0.25) is 14.9 Å². The number of carbonyl (C=O) groups excluding carboxylic acids is 1. The lowest BCUT2D eigenvalue weighted by Gasteiger charge is -2.07. The number of benzene rings is 1. The van der Waals surface area contributed by atoms with Crippen LogP contribution in [-0.4, -0.2) is 24.5 Å². The van der Waals surface area contributed by atoms with E-state index >= 15 is 0 Å². The number of rotatable bonds is 4. The fraction of sp³-hybridized carbons (Fsp3) is 0.300. The molecule has 16 heavy (non-hydrogen) atoms. The van der Waals surface area contributed by atoms with E-state index in [-0.39, 0.29) is 18.2 Å². The first-order valence-electron chi connectivity index (χ1n) is 4.63. The Morgan fingerprint density at radius 1 is 1.56 bits per heavy atom. The van der Waals surface area contributed by atoms with Crippen LogP contribution in [0.4, 0.5) is 5.69 Å². The average molecular weight is 224 g/mol. The molecule has 0 saturated carbocycles. The summed E-state index contributed by atoms with van der Waals surface area (Å²) in [5.41, 5.74) is 0.687. The van der Waals surface area contributed by atoms with Gasteiger partial charge in [-0.05, 0) is 18.6 Å². The summed E-state index contributed by atoms with van der Waals surface area (Å²) in [4.78, 5) is 21.0. The van der Waals surface area contributed by atoms with Crippen LogP contribution in [0, 0.1) is 17.0 Å². The van der Waals surface area contributed by atoms with Gasteiger partial charge in [-0.25, -0.2) is 0 Å². The molecule has 0 aliphatic carbocycles. The van der Waals surface area contributed by atoms with E-state index in [1.54, 1.807) is 13.0 Å². The fourth-order valence-corrected chi connectivity index (χ4v) is 1.07. The Morgan fingerprint density at radius 2 is 2.25 bits per heavy atom. The highest BCUT2D eigenvalue weighted by Crippen LogP contribution is 2.23. The standard InChI is InChI=1S/C10H12N2O4/c1-7-3-4-8(12(14)15)5-9(7)16-6-10(13)11-2/h3-5H,6H2,1-2H3,(H,11,13). The second kappa shape index (κ2) is 5.11. The highest BCUT2D eigenvalue weighted by molar-refractivity contribution is 5.77. The highest BCUT2D eigenvalue weighted by Gasteiger charge is 2.10. The maximum absolute atomic E-state index is 10.9. The van der Waals surface area contributed by atoms with E-state index in [2.05, 4.69) is 5.32 Å². The van der Waals surface area contributed by atoms with Crippen LogP contribution in [0.3, 0.4) is 0 Å². The second-order valence-electron chi connectivity index (χ2n) is 3.17. The Kier molecular flexibility index (Phi) is 3.82. The Morgan fingerprint density at radius 3 is 2.81 bits per heavy atom. The molecule has 0 aromatic heterocycles. The molecular formula is C10H12N2O4. The van der Waals surface area contributed by atoms with Crippen LogP contribution in [0.15, 0.2) is 18.2 Å². The van der Waals surface area contributed by atoms with E-state index in [0.29, 0.717) is 5.75 Å². The van der Waals surface area contributed by atoms with Gasteiger partial charge >= 0.3 is 0 Å². The summed E-state index contributed by atoms with van der Waals surface area (Å²) < 4.78 is 5.16. The number of nitrogens with one attached hydrogen (secondary N) is 1. The minimum atomic E-state index is -0.508. The van der Waals surface area contributed by atoms with Gasteiger partial charge in [0.1, 0.15) is 5.75 Å². The molecule has 0 atom stereocenters. The lowest BCUT2D eigenvalue weighted by atomic mass is 10.2. The van der Waals surface area contributed by atoms with Gasteiger partial charge in [0.2, 0.25) is 0 Å². The van der Waals surface area contributed by atoms with Crippen molar-refractivity contribution in [2.75, 3.05) is 13.7 Å². The number of amides is 1. The maximum Gasteiger partial charge on any atom is 0.273 e. The Labute approximate surface area is 92.4 Å². The molecule has 1 amide bonds. The topological polar surface area (TPSA) is 81.5 Å². The van der Waals surface area contributed by atoms with E-state index < -0.39 is 4.92 Å². The lowest BCUT2D eigenvalue weighted by Crippen LogP contribution is -2.25. The summed E-state index contributed by atoms with van der Waals surface area (Å²) in [6, 6.07) is 4.28. The average Bonchev–Trinajstić information content (AvgIpc) is 2.27. The van der Waals surface area contributed by atoms with E-state index in [1.807, 2.05) is 0 Å². The smallest absolute Gasteiger partial charge is 0.273 e. The summed E-state index contributed by atoms with van der Waals surface area (Å²) in [6.07, 6.45) is 0. The molecule has 6 heteroatoms. The molecule has 0 bridgehead atoms. The predicted octanol–water partition coefficient (Wildman–Crippen LogP) is 1.03. The van der Waals surface area contributed by atoms with Gasteiger partial charge in [0.15, 0.2) is 6.61 Å². The molecule has 0 heterocycles. The largest absolute Gasteiger partial charge is 0.483 e. The van der Waals surface area contributed by atoms with E-state index in [4.69, 9.17) is 4.74 Å². The third kappa shape index (κ3) is 2.94. The number of ether oxygens (including phenoxy) is 1. The van der Waals surface area contributed by atoms with Gasteiger partial charge in [-0.1, -0.05) is 0 Å². The normalized spacial score (nSPS) is 9.62. The van der Waals surface area contributed by atoms with Crippen LogP contribution in [0.2, 0.25) is 0 Å². The van der Waals surface area contributed by atoms with Gasteiger partial charge in [0.05, 0.1) is 11.0 Å². The molecule has 1 aromatic rings. The number of nitrogens with zero attached hydrogens (tertiary/aromatic N) is 1. The van der Waals surface area contributed by atoms with Gasteiger partial charge < -0.3 is 10.1 Å². The van der Waals surface area contributed by atoms with Crippen LogP contribution in [-0.2, 0) is 4.79 Å². The number of carbonyl (C=O) groups is 1. The highest BCUT2D eigenvalue weighted by atomic mass is 16.6. The molecule has 0 unspecified atom stereocenters. The monoisotopic (exact) mass is 224 g/mol. The summed E-state index contributed by atoms with van der Waals surface area (Å²) in [5, 5.41) is 12.9. The second-order valence-corrected chi connectivity index (χ2v) is 3.17. The van der Waals surface area contributed by atoms with Crippen molar-refractivity contribution >= 4 is 11.6 Å². The van der Waals surface area contributed by atoms with Crippen LogP contribution in [0.25, 0.3) is 0 Å². The van der Waals surface area contributed by atoms with Crippen molar-refractivity contribution in [1.29, 1.82) is 0 Å². The third-order valence-corrected chi connectivity index (χ3v) is 2.02. The molecule has 6 nitrogen and oxygen atoms in total. The van der Waals surface area contributed by atoms with Crippen molar-refractivity contribution in [2.45, 2.75) is 6.92 Å². The van der Waals surface area contributed by atoms with Crippen molar-refractivity contribution in [3.05, 3.63) is 33.9 Å². The molecule has 0 saturated heterocycles. The lowest BCUT2D eigenvalue weighted by molar-refractivity contribution is -0.384. The molecule has 86 valence electrons. The molecule has 0 aliphatic heterocycles. The summed E-state index contributed by atoms with van der Waals surface area (Å²) in [5.74, 6) is 0.0590. The van der Waals surface area contributed by atoms with Crippen LogP contribution in [0.1, 0.15) is 5.56 Å². The molecule has 0 fully saturated rings. The first-order chi connectivity index (χ1) is 7.54. The number of likely N-dealkylation sites (N-methyl/N-ethyl adjacent to an activating group) is 1. The van der Waals surface area contributed by atoms with E-state index in [1.165, 1.54) is 19.2 Å². The Bertz CT molecular complexity index is 417. The molecular weight excluding hydrogens is 212 g/mol. The summed E-state index contributed by atoms with van der Waals surface area (Å²) in [7, 11) is 1.49. The molecule has 0 radical (unpaired) electrons. The van der Waals surface area contributed by atoms with Crippen molar-refractivity contribution in [3.63, 3.8) is 0 Å². The first kappa shape index (κ1) is 12.0. The SMILES string of the molecule is CNC(=O)COc1cc([N+](=O)[O-])ccc1C. The molecule has 1 aromatic carbocycles. The number of hydrogen-bond acceptors (Lipinski definition) is 4. The van der Waals surface area contributed by atoms with Gasteiger partial charge in [0.25, 0.3) is 11.6 Å². The molecule has 1 rings (SSSR count). The number of non-ortho nitro benzene ring substituents is 1. The number of nitro benzene ring substituents is 1. The Balaban J connectivity index is 2.82. The molecule has 0 spiro atoms. The van der Waals surface area contributed by atoms with Crippen molar-refractivity contribution < 1.29 is 14.5 Å². The predicted molar refractivity (Wildman–Crippen MR) is 57.4 cm³/mol. The minimum absolute atomic E-state index is 0.0579.